The number of rotatable bonds is 6. The number of anilines is 1. The van der Waals surface area contributed by atoms with Gasteiger partial charge in [-0.2, -0.15) is 8.42 Å². The molecule has 1 saturated heterocycles. The summed E-state index contributed by atoms with van der Waals surface area (Å²) < 4.78 is 32.2. The number of para-hydroxylation sites is 1. The molecule has 1 atom stereocenters. The van der Waals surface area contributed by atoms with E-state index in [9.17, 15) is 8.42 Å². The van der Waals surface area contributed by atoms with E-state index in [1.807, 2.05) is 18.2 Å². The van der Waals surface area contributed by atoms with Crippen LogP contribution in [0.25, 0.3) is 10.9 Å². The second-order valence-corrected chi connectivity index (χ2v) is 9.25. The van der Waals surface area contributed by atoms with Crippen LogP contribution in [-0.4, -0.2) is 36.4 Å². The molecule has 0 amide bonds. The number of oxazole rings is 1. The minimum atomic E-state index is -3.77. The van der Waals surface area contributed by atoms with E-state index in [4.69, 9.17) is 4.42 Å². The van der Waals surface area contributed by atoms with Gasteiger partial charge in [-0.3, -0.25) is 9.62 Å². The molecule has 2 aromatic heterocycles. The molecule has 0 spiro atoms. The van der Waals surface area contributed by atoms with E-state index in [-0.39, 0.29) is 5.09 Å². The smallest absolute Gasteiger partial charge is 0.297 e. The van der Waals surface area contributed by atoms with Crippen LogP contribution in [0.3, 0.4) is 0 Å². The van der Waals surface area contributed by atoms with E-state index in [0.29, 0.717) is 11.6 Å². The summed E-state index contributed by atoms with van der Waals surface area (Å²) in [5, 5.41) is 1.07. The van der Waals surface area contributed by atoms with Crippen molar-refractivity contribution in [2.24, 2.45) is 0 Å². The molecule has 8 heteroatoms. The number of likely N-dealkylation sites (tertiary alicyclic amines) is 1. The van der Waals surface area contributed by atoms with Crippen molar-refractivity contribution in [2.45, 2.75) is 24.0 Å². The average Bonchev–Trinajstić information content (AvgIpc) is 3.50. The van der Waals surface area contributed by atoms with Gasteiger partial charge in [0.15, 0.2) is 6.39 Å². The summed E-state index contributed by atoms with van der Waals surface area (Å²) in [7, 11) is -3.77. The molecule has 2 aromatic carbocycles. The van der Waals surface area contributed by atoms with Crippen molar-refractivity contribution in [3.63, 3.8) is 0 Å². The maximum Gasteiger partial charge on any atom is 0.297 e. The Morgan fingerprint density at radius 2 is 2.10 bits per heavy atom. The summed E-state index contributed by atoms with van der Waals surface area (Å²) in [4.78, 5) is 9.47. The SMILES string of the molecule is O=S(=O)(Nc1cccc(C2CCN(Cc3c[nH]c4ccccc34)C2)c1)c1cnco1. The fourth-order valence-corrected chi connectivity index (χ4v) is 5.06. The number of sulfonamides is 1. The maximum atomic E-state index is 12.4. The van der Waals surface area contributed by atoms with Crippen LogP contribution < -0.4 is 4.72 Å². The van der Waals surface area contributed by atoms with Gasteiger partial charge in [-0.1, -0.05) is 30.3 Å². The summed E-state index contributed by atoms with van der Waals surface area (Å²) in [6.07, 6.45) is 5.43. The van der Waals surface area contributed by atoms with Crippen molar-refractivity contribution in [3.05, 3.63) is 78.4 Å². The van der Waals surface area contributed by atoms with E-state index in [2.05, 4.69) is 50.1 Å². The van der Waals surface area contributed by atoms with Gasteiger partial charge in [-0.05, 0) is 48.2 Å². The largest absolute Gasteiger partial charge is 0.430 e. The Morgan fingerprint density at radius 3 is 2.97 bits per heavy atom. The van der Waals surface area contributed by atoms with E-state index < -0.39 is 10.0 Å². The van der Waals surface area contributed by atoms with E-state index in [0.717, 1.165) is 43.5 Å². The normalized spacial score (nSPS) is 17.5. The van der Waals surface area contributed by atoms with Crippen molar-refractivity contribution in [1.29, 1.82) is 0 Å². The number of hydrogen-bond acceptors (Lipinski definition) is 5. The maximum absolute atomic E-state index is 12.4. The Bertz CT molecular complexity index is 1260. The number of aromatic nitrogens is 2. The summed E-state index contributed by atoms with van der Waals surface area (Å²) in [5.41, 5.74) is 4.13. The Morgan fingerprint density at radius 1 is 1.20 bits per heavy atom. The highest BCUT2D eigenvalue weighted by Gasteiger charge is 2.25. The monoisotopic (exact) mass is 422 g/mol. The lowest BCUT2D eigenvalue weighted by atomic mass is 9.98. The van der Waals surface area contributed by atoms with Crippen molar-refractivity contribution in [1.82, 2.24) is 14.9 Å². The number of hydrogen-bond donors (Lipinski definition) is 2. The van der Waals surface area contributed by atoms with Crippen LogP contribution in [0.4, 0.5) is 5.69 Å². The predicted molar refractivity (Wildman–Crippen MR) is 115 cm³/mol. The second-order valence-electron chi connectivity index (χ2n) is 7.63. The molecule has 1 aliphatic heterocycles. The second kappa shape index (κ2) is 7.62. The molecule has 30 heavy (non-hydrogen) atoms. The first-order chi connectivity index (χ1) is 14.6. The first kappa shape index (κ1) is 18.9. The molecule has 0 bridgehead atoms. The van der Waals surface area contributed by atoms with Gasteiger partial charge in [0.2, 0.25) is 0 Å². The molecule has 5 rings (SSSR count). The standard InChI is InChI=1S/C22H22N4O3S/c27-30(28,22-12-23-15-29-22)25-19-5-3-4-16(10-19)17-8-9-26(13-17)14-18-11-24-21-7-2-1-6-20(18)21/h1-7,10-12,15,17,24-25H,8-9,13-14H2. The highest BCUT2D eigenvalue weighted by atomic mass is 32.2. The lowest BCUT2D eigenvalue weighted by Gasteiger charge is -2.16. The number of benzene rings is 2. The fraction of sp³-hybridized carbons (Fsp3) is 0.227. The molecule has 154 valence electrons. The molecule has 0 radical (unpaired) electrons. The van der Waals surface area contributed by atoms with E-state index >= 15 is 0 Å². The Kier molecular flexibility index (Phi) is 4.80. The first-order valence-electron chi connectivity index (χ1n) is 9.87. The Labute approximate surface area is 174 Å². The van der Waals surface area contributed by atoms with Gasteiger partial charge in [0.25, 0.3) is 15.1 Å². The molecular weight excluding hydrogens is 400 g/mol. The minimum Gasteiger partial charge on any atom is -0.430 e. The van der Waals surface area contributed by atoms with Gasteiger partial charge in [0.05, 0.1) is 6.20 Å². The predicted octanol–water partition coefficient (Wildman–Crippen LogP) is 3.95. The summed E-state index contributed by atoms with van der Waals surface area (Å²) >= 11 is 0. The zero-order valence-electron chi connectivity index (χ0n) is 16.3. The highest BCUT2D eigenvalue weighted by Crippen LogP contribution is 2.31. The number of aromatic amines is 1. The molecule has 7 nitrogen and oxygen atoms in total. The zero-order valence-corrected chi connectivity index (χ0v) is 17.1. The lowest BCUT2D eigenvalue weighted by molar-refractivity contribution is 0.328. The molecule has 1 fully saturated rings. The van der Waals surface area contributed by atoms with Crippen LogP contribution in [0, 0.1) is 0 Å². The molecule has 1 aliphatic rings. The average molecular weight is 423 g/mol. The van der Waals surface area contributed by atoms with Crippen LogP contribution in [0.5, 0.6) is 0 Å². The molecule has 2 N–H and O–H groups in total. The summed E-state index contributed by atoms with van der Waals surface area (Å²) in [6, 6.07) is 16.0. The van der Waals surface area contributed by atoms with Crippen LogP contribution in [0.15, 0.2) is 76.8 Å². The van der Waals surface area contributed by atoms with Crippen LogP contribution >= 0.6 is 0 Å². The molecule has 1 unspecified atom stereocenters. The zero-order chi connectivity index (χ0) is 20.6. The fourth-order valence-electron chi connectivity index (χ4n) is 4.15. The Hall–Kier alpha value is -3.10. The van der Waals surface area contributed by atoms with Crippen molar-refractivity contribution < 1.29 is 12.8 Å². The number of nitrogens with zero attached hydrogens (tertiary/aromatic N) is 2. The third kappa shape index (κ3) is 3.71. The lowest BCUT2D eigenvalue weighted by Crippen LogP contribution is -2.19. The van der Waals surface area contributed by atoms with Crippen LogP contribution in [0.1, 0.15) is 23.5 Å². The van der Waals surface area contributed by atoms with Crippen molar-refractivity contribution in [2.75, 3.05) is 17.8 Å². The van der Waals surface area contributed by atoms with Gasteiger partial charge in [-0.15, -0.1) is 0 Å². The number of fused-ring (bicyclic) bond motifs is 1. The molecular formula is C22H22N4O3S. The van der Waals surface area contributed by atoms with Crippen LogP contribution in [-0.2, 0) is 16.6 Å². The molecule has 0 saturated carbocycles. The Balaban J connectivity index is 1.28. The quantitative estimate of drug-likeness (QED) is 0.491. The van der Waals surface area contributed by atoms with Crippen molar-refractivity contribution in [3.8, 4) is 0 Å². The topological polar surface area (TPSA) is 91.2 Å². The minimum absolute atomic E-state index is 0.196. The number of nitrogens with one attached hydrogen (secondary N) is 2. The van der Waals surface area contributed by atoms with E-state index in [1.54, 1.807) is 6.07 Å². The summed E-state index contributed by atoms with van der Waals surface area (Å²) in [6.45, 7) is 2.86. The third-order valence-electron chi connectivity index (χ3n) is 5.63. The molecule has 3 heterocycles. The van der Waals surface area contributed by atoms with Gasteiger partial charge >= 0.3 is 0 Å². The molecule has 4 aromatic rings. The van der Waals surface area contributed by atoms with Gasteiger partial charge in [0, 0.05) is 35.9 Å². The summed E-state index contributed by atoms with van der Waals surface area (Å²) in [5.74, 6) is 0.366. The van der Waals surface area contributed by atoms with Gasteiger partial charge < -0.3 is 9.40 Å². The first-order valence-corrected chi connectivity index (χ1v) is 11.4. The van der Waals surface area contributed by atoms with Gasteiger partial charge in [0.1, 0.15) is 0 Å². The highest BCUT2D eigenvalue weighted by molar-refractivity contribution is 7.92. The van der Waals surface area contributed by atoms with Crippen LogP contribution in [0.2, 0.25) is 0 Å². The van der Waals surface area contributed by atoms with E-state index in [1.165, 1.54) is 17.1 Å². The van der Waals surface area contributed by atoms with Crippen molar-refractivity contribution >= 4 is 26.6 Å². The molecule has 0 aliphatic carbocycles. The number of H-pyrrole nitrogens is 1. The van der Waals surface area contributed by atoms with Gasteiger partial charge in [-0.25, -0.2) is 4.98 Å². The third-order valence-corrected chi connectivity index (χ3v) is 6.86.